The number of pyridine rings is 1. The van der Waals surface area contributed by atoms with Crippen molar-refractivity contribution in [1.29, 1.82) is 5.26 Å². The van der Waals surface area contributed by atoms with Crippen LogP contribution in [0.2, 0.25) is 0 Å². The molecule has 1 aliphatic heterocycles. The Morgan fingerprint density at radius 1 is 1.17 bits per heavy atom. The molecule has 9 heteroatoms. The first-order valence-electron chi connectivity index (χ1n) is 11.6. The number of carbonyl (C=O) groups excluding carboxylic acids is 1. The first-order valence-corrected chi connectivity index (χ1v) is 11.6. The van der Waals surface area contributed by atoms with Crippen LogP contribution < -0.4 is 15.8 Å². The number of amides is 1. The molecule has 4 rings (SSSR count). The third kappa shape index (κ3) is 5.61. The van der Waals surface area contributed by atoms with Crippen molar-refractivity contribution in [3.8, 4) is 17.2 Å². The number of carbonyl (C=O) groups is 1. The average molecular weight is 493 g/mol. The van der Waals surface area contributed by atoms with Gasteiger partial charge in [0.1, 0.15) is 5.69 Å². The molecule has 7 nitrogen and oxygen atoms in total. The second-order valence-electron chi connectivity index (χ2n) is 8.53. The van der Waals surface area contributed by atoms with Crippen molar-refractivity contribution in [3.63, 3.8) is 0 Å². The summed E-state index contributed by atoms with van der Waals surface area (Å²) in [6, 6.07) is 14.7. The van der Waals surface area contributed by atoms with Crippen molar-refractivity contribution in [2.24, 2.45) is 0 Å². The fraction of sp³-hybridized carbons (Fsp3) is 0.296. The van der Waals surface area contributed by atoms with E-state index in [2.05, 4.69) is 11.4 Å². The maximum atomic E-state index is 13.1. The lowest BCUT2D eigenvalue weighted by Crippen LogP contribution is -2.40. The second kappa shape index (κ2) is 11.1. The number of halogens is 2. The van der Waals surface area contributed by atoms with Crippen LogP contribution in [0.5, 0.6) is 0 Å². The molecule has 1 fully saturated rings. The van der Waals surface area contributed by atoms with E-state index in [1.54, 1.807) is 22.9 Å². The van der Waals surface area contributed by atoms with Crippen LogP contribution in [0.1, 0.15) is 34.3 Å². The number of rotatable bonds is 7. The highest BCUT2D eigenvalue weighted by Gasteiger charge is 2.19. The molecule has 1 saturated heterocycles. The Morgan fingerprint density at radius 3 is 2.67 bits per heavy atom. The van der Waals surface area contributed by atoms with Gasteiger partial charge in [-0.05, 0) is 48.4 Å². The summed E-state index contributed by atoms with van der Waals surface area (Å²) in [6.45, 7) is 4.40. The number of alkyl halides is 2. The lowest BCUT2D eigenvalue weighted by Gasteiger charge is -2.29. The molecular weight excluding hydrogens is 466 g/mol. The first-order chi connectivity index (χ1) is 17.4. The molecule has 3 aromatic rings. The van der Waals surface area contributed by atoms with E-state index in [1.165, 1.54) is 24.3 Å². The number of benzene rings is 2. The Morgan fingerprint density at radius 2 is 1.94 bits per heavy atom. The average Bonchev–Trinajstić information content (AvgIpc) is 2.89. The minimum Gasteiger partial charge on any atom is -0.378 e. The number of nitrogens with zero attached hydrogens (tertiary/aromatic N) is 3. The molecule has 0 radical (unpaired) electrons. The van der Waals surface area contributed by atoms with Gasteiger partial charge in [-0.25, -0.2) is 8.78 Å². The van der Waals surface area contributed by atoms with Gasteiger partial charge in [0.2, 0.25) is 0 Å². The number of morpholine rings is 1. The minimum atomic E-state index is -2.67. The van der Waals surface area contributed by atoms with E-state index >= 15 is 0 Å². The third-order valence-electron chi connectivity index (χ3n) is 6.09. The summed E-state index contributed by atoms with van der Waals surface area (Å²) in [4.78, 5) is 27.9. The largest absolute Gasteiger partial charge is 0.378 e. The highest BCUT2D eigenvalue weighted by Crippen LogP contribution is 2.29. The summed E-state index contributed by atoms with van der Waals surface area (Å²) in [7, 11) is 0. The van der Waals surface area contributed by atoms with Crippen LogP contribution in [0.15, 0.2) is 59.5 Å². The molecule has 1 amide bonds. The summed E-state index contributed by atoms with van der Waals surface area (Å²) >= 11 is 0. The van der Waals surface area contributed by atoms with Gasteiger partial charge in [-0.1, -0.05) is 18.2 Å². The molecule has 0 aliphatic carbocycles. The molecule has 2 heterocycles. The summed E-state index contributed by atoms with van der Waals surface area (Å²) in [5.41, 5.74) is 3.26. The van der Waals surface area contributed by atoms with Crippen LogP contribution in [0.3, 0.4) is 0 Å². The standard InChI is InChI=1S/C27H26F2N4O3/c1-18-6-7-22(31-26(34)20-5-2-4-19(14-20)25(28)29)16-23(18)21-15-24(32-10-12-36-13-11-32)27(35)33(17-21)9-3-8-30/h2,4-7,14-17,25H,3,9-13H2,1H3,(H,31,34). The van der Waals surface area contributed by atoms with Crippen LogP contribution in [-0.4, -0.2) is 36.8 Å². The highest BCUT2D eigenvalue weighted by atomic mass is 19.3. The molecule has 0 unspecified atom stereocenters. The zero-order valence-electron chi connectivity index (χ0n) is 19.8. The molecular formula is C27H26F2N4O3. The Kier molecular flexibility index (Phi) is 7.76. The van der Waals surface area contributed by atoms with Crippen LogP contribution >= 0.6 is 0 Å². The van der Waals surface area contributed by atoms with Gasteiger partial charge in [0.15, 0.2) is 0 Å². The SMILES string of the molecule is Cc1ccc(NC(=O)c2cccc(C(F)F)c2)cc1-c1cc(N2CCOCC2)c(=O)n(CCC#N)c1. The second-order valence-corrected chi connectivity index (χ2v) is 8.53. The van der Waals surface area contributed by atoms with Crippen molar-refractivity contribution in [2.75, 3.05) is 36.5 Å². The predicted molar refractivity (Wildman–Crippen MR) is 133 cm³/mol. The van der Waals surface area contributed by atoms with Crippen molar-refractivity contribution in [3.05, 3.63) is 81.8 Å². The number of hydrogen-bond acceptors (Lipinski definition) is 5. The smallest absolute Gasteiger partial charge is 0.274 e. The molecule has 36 heavy (non-hydrogen) atoms. The maximum Gasteiger partial charge on any atom is 0.274 e. The molecule has 186 valence electrons. The molecule has 1 N–H and O–H groups in total. The lowest BCUT2D eigenvalue weighted by molar-refractivity contribution is 0.102. The first kappa shape index (κ1) is 25.1. The molecule has 0 saturated carbocycles. The molecule has 0 spiro atoms. The van der Waals surface area contributed by atoms with E-state index in [9.17, 15) is 18.4 Å². The minimum absolute atomic E-state index is 0.134. The van der Waals surface area contributed by atoms with Crippen LogP contribution in [0.4, 0.5) is 20.2 Å². The summed E-state index contributed by atoms with van der Waals surface area (Å²) in [5, 5.41) is 11.8. The van der Waals surface area contributed by atoms with E-state index in [0.717, 1.165) is 16.7 Å². The van der Waals surface area contributed by atoms with Gasteiger partial charge in [0, 0.05) is 48.2 Å². The molecule has 0 atom stereocenters. The predicted octanol–water partition coefficient (Wildman–Crippen LogP) is 4.76. The van der Waals surface area contributed by atoms with Gasteiger partial charge >= 0.3 is 0 Å². The molecule has 1 aromatic heterocycles. The van der Waals surface area contributed by atoms with E-state index in [0.29, 0.717) is 37.7 Å². The Bertz CT molecular complexity index is 1360. The zero-order chi connectivity index (χ0) is 25.7. The number of aromatic nitrogens is 1. The van der Waals surface area contributed by atoms with Gasteiger partial charge in [-0.15, -0.1) is 0 Å². The lowest BCUT2D eigenvalue weighted by atomic mass is 10.00. The maximum absolute atomic E-state index is 13.1. The van der Waals surface area contributed by atoms with Crippen molar-refractivity contribution in [2.45, 2.75) is 26.3 Å². The Hall–Kier alpha value is -4.03. The number of ether oxygens (including phenoxy) is 1. The Balaban J connectivity index is 1.69. The molecule has 1 aliphatic rings. The number of nitrogens with one attached hydrogen (secondary N) is 1. The molecule has 2 aromatic carbocycles. The Labute approximate surface area is 207 Å². The van der Waals surface area contributed by atoms with Crippen molar-refractivity contribution in [1.82, 2.24) is 4.57 Å². The van der Waals surface area contributed by atoms with Crippen molar-refractivity contribution < 1.29 is 18.3 Å². The fourth-order valence-electron chi connectivity index (χ4n) is 4.16. The normalized spacial score (nSPS) is 13.5. The molecule has 0 bridgehead atoms. The van der Waals surface area contributed by atoms with E-state index < -0.39 is 12.3 Å². The van der Waals surface area contributed by atoms with E-state index in [1.807, 2.05) is 24.0 Å². The van der Waals surface area contributed by atoms with Crippen LogP contribution in [0, 0.1) is 18.3 Å². The fourth-order valence-corrected chi connectivity index (χ4v) is 4.16. The third-order valence-corrected chi connectivity index (χ3v) is 6.09. The number of hydrogen-bond donors (Lipinski definition) is 1. The van der Waals surface area contributed by atoms with Gasteiger partial charge in [0.05, 0.1) is 25.7 Å². The summed E-state index contributed by atoms with van der Waals surface area (Å²) in [5.74, 6) is -0.500. The van der Waals surface area contributed by atoms with Gasteiger partial charge in [0.25, 0.3) is 17.9 Å². The van der Waals surface area contributed by atoms with Crippen molar-refractivity contribution >= 4 is 17.3 Å². The monoisotopic (exact) mass is 492 g/mol. The summed E-state index contributed by atoms with van der Waals surface area (Å²) in [6.07, 6.45) is -0.747. The van der Waals surface area contributed by atoms with Crippen LogP contribution in [-0.2, 0) is 11.3 Å². The number of aryl methyl sites for hydroxylation is 2. The van der Waals surface area contributed by atoms with Gasteiger partial charge in [-0.2, -0.15) is 5.26 Å². The van der Waals surface area contributed by atoms with E-state index in [-0.39, 0.29) is 29.7 Å². The highest BCUT2D eigenvalue weighted by molar-refractivity contribution is 6.04. The summed E-state index contributed by atoms with van der Waals surface area (Å²) < 4.78 is 33.1. The quantitative estimate of drug-likeness (QED) is 0.514. The van der Waals surface area contributed by atoms with Gasteiger partial charge in [-0.3, -0.25) is 9.59 Å². The topological polar surface area (TPSA) is 87.4 Å². The number of anilines is 2. The van der Waals surface area contributed by atoms with Crippen LogP contribution in [0.25, 0.3) is 11.1 Å². The number of nitriles is 1. The van der Waals surface area contributed by atoms with E-state index in [4.69, 9.17) is 10.00 Å². The zero-order valence-corrected chi connectivity index (χ0v) is 19.8. The van der Waals surface area contributed by atoms with Gasteiger partial charge < -0.3 is 19.5 Å².